The summed E-state index contributed by atoms with van der Waals surface area (Å²) in [6, 6.07) is 15.9. The lowest BCUT2D eigenvalue weighted by Gasteiger charge is -2.17. The van der Waals surface area contributed by atoms with Crippen LogP contribution >= 0.6 is 11.8 Å². The third kappa shape index (κ3) is 4.48. The molecule has 0 radical (unpaired) electrons. The van der Waals surface area contributed by atoms with Crippen molar-refractivity contribution < 1.29 is 4.79 Å². The Balaban J connectivity index is 1.62. The first-order valence-corrected chi connectivity index (χ1v) is 9.18. The smallest absolute Gasteiger partial charge is 0.253 e. The topological polar surface area (TPSA) is 51.0 Å². The van der Waals surface area contributed by atoms with Gasteiger partial charge >= 0.3 is 0 Å². The van der Waals surface area contributed by atoms with Crippen LogP contribution in [0.5, 0.6) is 0 Å². The fraction of sp³-hybridized carbons (Fsp3) is 0.211. The minimum Gasteiger partial charge on any atom is -0.337 e. The number of amides is 1. The summed E-state index contributed by atoms with van der Waals surface area (Å²) in [5.41, 5.74) is 2.89. The van der Waals surface area contributed by atoms with Gasteiger partial charge in [0.05, 0.1) is 6.54 Å². The first-order chi connectivity index (χ1) is 12.2. The summed E-state index contributed by atoms with van der Waals surface area (Å²) >= 11 is 1.71. The van der Waals surface area contributed by atoms with Gasteiger partial charge < -0.3 is 4.90 Å². The Labute approximate surface area is 151 Å². The van der Waals surface area contributed by atoms with Crippen LogP contribution in [0, 0.1) is 0 Å². The number of hydrogen-bond donors (Lipinski definition) is 0. The van der Waals surface area contributed by atoms with Gasteiger partial charge in [-0.25, -0.2) is 9.67 Å². The van der Waals surface area contributed by atoms with E-state index in [-0.39, 0.29) is 5.91 Å². The number of nitrogens with zero attached hydrogens (tertiary/aromatic N) is 4. The quantitative estimate of drug-likeness (QED) is 0.639. The van der Waals surface area contributed by atoms with E-state index in [1.165, 1.54) is 11.2 Å². The van der Waals surface area contributed by atoms with Crippen molar-refractivity contribution in [2.75, 3.05) is 13.3 Å². The number of rotatable bonds is 6. The van der Waals surface area contributed by atoms with Gasteiger partial charge in [0.25, 0.3) is 5.91 Å². The average Bonchev–Trinajstić information content (AvgIpc) is 3.15. The molecule has 0 fully saturated rings. The molecule has 0 bridgehead atoms. The minimum atomic E-state index is 0.0150. The first-order valence-electron chi connectivity index (χ1n) is 7.95. The van der Waals surface area contributed by atoms with E-state index in [4.69, 9.17) is 0 Å². The van der Waals surface area contributed by atoms with E-state index in [1.54, 1.807) is 27.7 Å². The second-order valence-corrected chi connectivity index (χ2v) is 6.68. The van der Waals surface area contributed by atoms with Crippen molar-refractivity contribution in [2.24, 2.45) is 0 Å². The lowest BCUT2D eigenvalue weighted by molar-refractivity contribution is 0.0785. The van der Waals surface area contributed by atoms with Crippen molar-refractivity contribution in [2.45, 2.75) is 18.0 Å². The molecule has 0 saturated carbocycles. The second kappa shape index (κ2) is 7.98. The van der Waals surface area contributed by atoms with Crippen molar-refractivity contribution in [3.05, 3.63) is 77.9 Å². The number of aromatic nitrogens is 3. The molecule has 5 nitrogen and oxygen atoms in total. The van der Waals surface area contributed by atoms with Crippen LogP contribution in [-0.2, 0) is 13.1 Å². The van der Waals surface area contributed by atoms with E-state index in [1.807, 2.05) is 31.3 Å². The molecule has 0 aliphatic heterocycles. The SMILES string of the molecule is CSc1ccc(CN(C)C(=O)c2ccc(Cn3cncn3)cc2)cc1. The number of carbonyl (C=O) groups is 1. The Kier molecular flexibility index (Phi) is 5.50. The van der Waals surface area contributed by atoms with E-state index >= 15 is 0 Å². The fourth-order valence-electron chi connectivity index (χ4n) is 2.55. The minimum absolute atomic E-state index is 0.0150. The van der Waals surface area contributed by atoms with Crippen molar-refractivity contribution in [3.8, 4) is 0 Å². The number of hydrogen-bond acceptors (Lipinski definition) is 4. The second-order valence-electron chi connectivity index (χ2n) is 5.80. The van der Waals surface area contributed by atoms with Crippen molar-refractivity contribution in [3.63, 3.8) is 0 Å². The molecule has 128 valence electrons. The maximum atomic E-state index is 12.6. The molecule has 0 saturated heterocycles. The summed E-state index contributed by atoms with van der Waals surface area (Å²) in [6.45, 7) is 1.24. The Morgan fingerprint density at radius 1 is 1.08 bits per heavy atom. The highest BCUT2D eigenvalue weighted by molar-refractivity contribution is 7.98. The summed E-state index contributed by atoms with van der Waals surface area (Å²) in [4.78, 5) is 19.5. The maximum Gasteiger partial charge on any atom is 0.253 e. The first kappa shape index (κ1) is 17.2. The van der Waals surface area contributed by atoms with Gasteiger partial charge in [-0.3, -0.25) is 4.79 Å². The lowest BCUT2D eigenvalue weighted by atomic mass is 10.1. The molecule has 0 aliphatic carbocycles. The Morgan fingerprint density at radius 3 is 2.36 bits per heavy atom. The van der Waals surface area contributed by atoms with Gasteiger partial charge in [-0.2, -0.15) is 5.10 Å². The molecule has 1 aromatic heterocycles. The molecular formula is C19H20N4OS. The maximum absolute atomic E-state index is 12.6. The van der Waals surface area contributed by atoms with Crippen LogP contribution in [0.2, 0.25) is 0 Å². The standard InChI is InChI=1S/C19H20N4OS/c1-22(11-15-5-9-18(25-2)10-6-15)19(24)17-7-3-16(4-8-17)12-23-14-20-13-21-23/h3-10,13-14H,11-12H2,1-2H3. The van der Waals surface area contributed by atoms with Crippen LogP contribution in [-0.4, -0.2) is 38.9 Å². The van der Waals surface area contributed by atoms with E-state index in [9.17, 15) is 4.79 Å². The predicted octanol–water partition coefficient (Wildman–Crippen LogP) is 3.32. The molecule has 0 spiro atoms. The van der Waals surface area contributed by atoms with Crippen molar-refractivity contribution in [1.82, 2.24) is 19.7 Å². The third-order valence-electron chi connectivity index (χ3n) is 3.94. The average molecular weight is 352 g/mol. The van der Waals surface area contributed by atoms with Gasteiger partial charge in [-0.1, -0.05) is 24.3 Å². The molecule has 1 amide bonds. The number of carbonyl (C=O) groups excluding carboxylic acids is 1. The zero-order chi connectivity index (χ0) is 17.6. The van der Waals surface area contributed by atoms with Crippen LogP contribution in [0.15, 0.2) is 66.1 Å². The predicted molar refractivity (Wildman–Crippen MR) is 99.6 cm³/mol. The summed E-state index contributed by atoms with van der Waals surface area (Å²) in [5.74, 6) is 0.0150. The molecule has 0 unspecified atom stereocenters. The van der Waals surface area contributed by atoms with Crippen molar-refractivity contribution >= 4 is 17.7 Å². The van der Waals surface area contributed by atoms with Gasteiger partial charge in [-0.15, -0.1) is 11.8 Å². The van der Waals surface area contributed by atoms with Crippen LogP contribution in [0.25, 0.3) is 0 Å². The highest BCUT2D eigenvalue weighted by Crippen LogP contribution is 2.16. The lowest BCUT2D eigenvalue weighted by Crippen LogP contribution is -2.26. The normalized spacial score (nSPS) is 10.6. The fourth-order valence-corrected chi connectivity index (χ4v) is 2.96. The summed E-state index contributed by atoms with van der Waals surface area (Å²) in [6.07, 6.45) is 5.24. The summed E-state index contributed by atoms with van der Waals surface area (Å²) < 4.78 is 1.75. The zero-order valence-corrected chi connectivity index (χ0v) is 15.1. The molecule has 0 N–H and O–H groups in total. The molecule has 0 atom stereocenters. The largest absolute Gasteiger partial charge is 0.337 e. The van der Waals surface area contributed by atoms with Gasteiger partial charge in [-0.05, 0) is 41.6 Å². The molecule has 0 aliphatic rings. The van der Waals surface area contributed by atoms with E-state index in [0.29, 0.717) is 18.7 Å². The summed E-state index contributed by atoms with van der Waals surface area (Å²) in [5, 5.41) is 4.09. The molecule has 1 heterocycles. The number of benzene rings is 2. The Bertz CT molecular complexity index is 814. The van der Waals surface area contributed by atoms with Crippen LogP contribution in [0.3, 0.4) is 0 Å². The van der Waals surface area contributed by atoms with E-state index in [2.05, 4.69) is 40.6 Å². The molecule has 3 aromatic rings. The highest BCUT2D eigenvalue weighted by Gasteiger charge is 2.12. The van der Waals surface area contributed by atoms with Gasteiger partial charge in [0.1, 0.15) is 12.7 Å². The van der Waals surface area contributed by atoms with E-state index < -0.39 is 0 Å². The molecular weight excluding hydrogens is 332 g/mol. The van der Waals surface area contributed by atoms with Gasteiger partial charge in [0, 0.05) is 24.1 Å². The third-order valence-corrected chi connectivity index (χ3v) is 4.68. The van der Waals surface area contributed by atoms with Gasteiger partial charge in [0.2, 0.25) is 0 Å². The molecule has 2 aromatic carbocycles. The van der Waals surface area contributed by atoms with E-state index in [0.717, 1.165) is 11.1 Å². The van der Waals surface area contributed by atoms with Gasteiger partial charge in [0.15, 0.2) is 0 Å². The Morgan fingerprint density at radius 2 is 1.76 bits per heavy atom. The zero-order valence-electron chi connectivity index (χ0n) is 14.3. The highest BCUT2D eigenvalue weighted by atomic mass is 32.2. The molecule has 6 heteroatoms. The summed E-state index contributed by atoms with van der Waals surface area (Å²) in [7, 11) is 1.83. The Hall–Kier alpha value is -2.60. The molecule has 25 heavy (non-hydrogen) atoms. The number of thioether (sulfide) groups is 1. The van der Waals surface area contributed by atoms with Crippen LogP contribution in [0.4, 0.5) is 0 Å². The monoisotopic (exact) mass is 352 g/mol. The van der Waals surface area contributed by atoms with Crippen LogP contribution < -0.4 is 0 Å². The molecule has 3 rings (SSSR count). The van der Waals surface area contributed by atoms with Crippen molar-refractivity contribution in [1.29, 1.82) is 0 Å². The van der Waals surface area contributed by atoms with Crippen LogP contribution in [0.1, 0.15) is 21.5 Å².